The van der Waals surface area contributed by atoms with Gasteiger partial charge in [0, 0.05) is 12.8 Å². The lowest BCUT2D eigenvalue weighted by Crippen LogP contribution is -2.52. The molecule has 0 aromatic carbocycles. The Morgan fingerprint density at radius 3 is 1.86 bits per heavy atom. The summed E-state index contributed by atoms with van der Waals surface area (Å²) in [5.74, 6) is -0.136. The predicted molar refractivity (Wildman–Crippen MR) is 206 cm³/mol. The maximum Gasteiger partial charge on any atom is 0.220 e. The molecule has 4 unspecified atom stereocenters. The lowest BCUT2D eigenvalue weighted by molar-refractivity contribution is -0.259. The van der Waals surface area contributed by atoms with Gasteiger partial charge in [0.05, 0.1) is 31.5 Å². The van der Waals surface area contributed by atoms with Crippen molar-refractivity contribution in [2.24, 2.45) is 0 Å². The zero-order valence-corrected chi connectivity index (χ0v) is 31.8. The fraction of sp³-hybridized carbons (Fsp3) is 0.786. The van der Waals surface area contributed by atoms with E-state index in [0.717, 1.165) is 77.0 Å². The van der Waals surface area contributed by atoms with E-state index in [4.69, 9.17) is 9.47 Å². The zero-order chi connectivity index (χ0) is 36.5. The van der Waals surface area contributed by atoms with Crippen molar-refractivity contribution < 1.29 is 34.7 Å². The highest BCUT2D eigenvalue weighted by Crippen LogP contribution is 2.21. The van der Waals surface area contributed by atoms with Gasteiger partial charge in [-0.3, -0.25) is 4.79 Å². The van der Waals surface area contributed by atoms with Crippen LogP contribution in [0.4, 0.5) is 0 Å². The van der Waals surface area contributed by atoms with E-state index in [9.17, 15) is 25.2 Å². The maximum absolute atomic E-state index is 12.9. The van der Waals surface area contributed by atoms with Crippen LogP contribution in [0.5, 0.6) is 0 Å². The minimum atomic E-state index is -1.20. The molecule has 6 atom stereocenters. The van der Waals surface area contributed by atoms with E-state index in [1.165, 1.54) is 57.8 Å². The fourth-order valence-corrected chi connectivity index (χ4v) is 5.98. The molecule has 1 aliphatic heterocycles. The number of ether oxygens (including phenoxy) is 2. The maximum atomic E-state index is 12.9. The molecular formula is C42H75NO7. The Kier molecular flexibility index (Phi) is 30.5. The summed E-state index contributed by atoms with van der Waals surface area (Å²) in [6.07, 6.45) is 36.6. The van der Waals surface area contributed by atoms with E-state index in [1.807, 2.05) is 6.08 Å². The molecule has 1 heterocycles. The molecule has 1 fully saturated rings. The van der Waals surface area contributed by atoms with E-state index >= 15 is 0 Å². The van der Waals surface area contributed by atoms with Gasteiger partial charge in [-0.1, -0.05) is 120 Å². The van der Waals surface area contributed by atoms with Crippen molar-refractivity contribution in [3.05, 3.63) is 48.6 Å². The Labute approximate surface area is 305 Å². The first kappa shape index (κ1) is 46.2. The van der Waals surface area contributed by atoms with Gasteiger partial charge in [-0.15, -0.1) is 0 Å². The molecule has 50 heavy (non-hydrogen) atoms. The van der Waals surface area contributed by atoms with Gasteiger partial charge in [0.2, 0.25) is 5.91 Å². The minimum Gasteiger partial charge on any atom is -0.394 e. The number of unbranched alkanes of at least 4 members (excludes halogenated alkanes) is 16. The van der Waals surface area contributed by atoms with Crippen LogP contribution in [-0.2, 0) is 14.3 Å². The summed E-state index contributed by atoms with van der Waals surface area (Å²) in [5, 5.41) is 43.6. The molecular weight excluding hydrogens is 630 g/mol. The minimum absolute atomic E-state index is 0.0319. The number of hydrogen-bond acceptors (Lipinski definition) is 7. The summed E-state index contributed by atoms with van der Waals surface area (Å²) in [6, 6.07) is -0.695. The highest BCUT2D eigenvalue weighted by Gasteiger charge is 2.37. The molecule has 0 bridgehead atoms. The Morgan fingerprint density at radius 2 is 1.24 bits per heavy atom. The van der Waals surface area contributed by atoms with Crippen molar-refractivity contribution in [2.75, 3.05) is 13.2 Å². The first-order valence-electron chi connectivity index (χ1n) is 20.3. The highest BCUT2D eigenvalue weighted by molar-refractivity contribution is 5.76. The number of allylic oxidation sites excluding steroid dienone is 7. The van der Waals surface area contributed by atoms with Crippen LogP contribution in [-0.4, -0.2) is 76.3 Å². The lowest BCUT2D eigenvalue weighted by atomic mass is 10.0. The van der Waals surface area contributed by atoms with Crippen LogP contribution in [0.2, 0.25) is 0 Å². The van der Waals surface area contributed by atoms with E-state index in [1.54, 1.807) is 6.08 Å². The largest absolute Gasteiger partial charge is 0.394 e. The smallest absolute Gasteiger partial charge is 0.220 e. The summed E-state index contributed by atoms with van der Waals surface area (Å²) >= 11 is 0. The molecule has 1 saturated heterocycles. The molecule has 290 valence electrons. The predicted octanol–water partition coefficient (Wildman–Crippen LogP) is 8.52. The molecule has 5 N–H and O–H groups in total. The number of carbonyl (C=O) groups excluding carboxylic acids is 1. The third-order valence-corrected chi connectivity index (χ3v) is 9.26. The molecule has 8 heteroatoms. The van der Waals surface area contributed by atoms with Gasteiger partial charge >= 0.3 is 0 Å². The summed E-state index contributed by atoms with van der Waals surface area (Å²) in [7, 11) is 0. The van der Waals surface area contributed by atoms with E-state index in [0.29, 0.717) is 6.42 Å². The highest BCUT2D eigenvalue weighted by atomic mass is 16.7. The van der Waals surface area contributed by atoms with Gasteiger partial charge in [-0.05, 0) is 77.0 Å². The van der Waals surface area contributed by atoms with E-state index in [2.05, 4.69) is 55.6 Å². The van der Waals surface area contributed by atoms with E-state index < -0.39 is 43.4 Å². The number of aliphatic hydroxyl groups excluding tert-OH is 4. The monoisotopic (exact) mass is 706 g/mol. The standard InChI is InChI=1S/C42H75NO7/c1-3-5-7-9-11-13-15-17-18-20-22-24-26-28-30-32-40(47)43-36(35-49-41-33-38(46)42(48)39(34-44)50-41)37(45)31-29-27-25-23-21-19-16-14-12-10-8-6-4-2/h11,13-14,16-18,29,31,36-39,41-42,44-46,48H,3-10,12,15,19-28,30,32-35H2,1-2H3,(H,43,47)/b13-11-,16-14+,18-17-,31-29+/t36-,37?,38-,39?,41?,42?/m0/s1. The molecule has 1 rings (SSSR count). The van der Waals surface area contributed by atoms with Crippen LogP contribution in [0, 0.1) is 0 Å². The van der Waals surface area contributed by atoms with Gasteiger partial charge in [-0.2, -0.15) is 0 Å². The van der Waals surface area contributed by atoms with Gasteiger partial charge in [0.1, 0.15) is 12.2 Å². The van der Waals surface area contributed by atoms with Gasteiger partial charge in [-0.25, -0.2) is 0 Å². The average Bonchev–Trinajstić information content (AvgIpc) is 3.11. The number of hydrogen-bond donors (Lipinski definition) is 5. The van der Waals surface area contributed by atoms with Crippen LogP contribution >= 0.6 is 0 Å². The molecule has 1 aliphatic rings. The lowest BCUT2D eigenvalue weighted by Gasteiger charge is -2.36. The van der Waals surface area contributed by atoms with Gasteiger partial charge < -0.3 is 35.2 Å². The topological polar surface area (TPSA) is 128 Å². The zero-order valence-electron chi connectivity index (χ0n) is 31.8. The Hall–Kier alpha value is -1.81. The van der Waals surface area contributed by atoms with Gasteiger partial charge in [0.25, 0.3) is 0 Å². The molecule has 1 amide bonds. The third-order valence-electron chi connectivity index (χ3n) is 9.26. The van der Waals surface area contributed by atoms with Crippen molar-refractivity contribution in [1.82, 2.24) is 5.32 Å². The quantitative estimate of drug-likeness (QED) is 0.0351. The summed E-state index contributed by atoms with van der Waals surface area (Å²) in [4.78, 5) is 12.9. The van der Waals surface area contributed by atoms with Crippen molar-refractivity contribution in [1.29, 1.82) is 0 Å². The Balaban J connectivity index is 2.41. The van der Waals surface area contributed by atoms with Crippen molar-refractivity contribution in [3.8, 4) is 0 Å². The molecule has 0 spiro atoms. The van der Waals surface area contributed by atoms with Crippen molar-refractivity contribution >= 4 is 5.91 Å². The van der Waals surface area contributed by atoms with Crippen molar-refractivity contribution in [3.63, 3.8) is 0 Å². The van der Waals surface area contributed by atoms with Crippen molar-refractivity contribution in [2.45, 2.75) is 198 Å². The number of carbonyl (C=O) groups is 1. The van der Waals surface area contributed by atoms with Crippen LogP contribution in [0.15, 0.2) is 48.6 Å². The summed E-state index contributed by atoms with van der Waals surface area (Å²) < 4.78 is 11.4. The summed E-state index contributed by atoms with van der Waals surface area (Å²) in [5.41, 5.74) is 0. The molecule has 0 aliphatic carbocycles. The number of nitrogens with one attached hydrogen (secondary N) is 1. The number of aliphatic hydroxyl groups is 4. The Bertz CT molecular complexity index is 905. The van der Waals surface area contributed by atoms with Crippen LogP contribution in [0.3, 0.4) is 0 Å². The second-order valence-corrected chi connectivity index (χ2v) is 13.9. The van der Waals surface area contributed by atoms with Crippen LogP contribution < -0.4 is 5.32 Å². The molecule has 0 aromatic heterocycles. The second kappa shape index (κ2) is 33.1. The van der Waals surface area contributed by atoms with Crippen LogP contribution in [0.25, 0.3) is 0 Å². The molecule has 0 radical (unpaired) electrons. The normalized spacial score (nSPS) is 21.2. The SMILES string of the molecule is CCCCC/C=C\C/C=C\CCCCCCCC(=O)N[C@@H](COC1C[C@H](O)C(O)C(CO)O1)C(O)/C=C/CCCCC/C=C/CCCCCC. The van der Waals surface area contributed by atoms with Gasteiger partial charge in [0.15, 0.2) is 6.29 Å². The number of rotatable bonds is 32. The number of amides is 1. The van der Waals surface area contributed by atoms with E-state index in [-0.39, 0.29) is 18.9 Å². The first-order valence-corrected chi connectivity index (χ1v) is 20.3. The van der Waals surface area contributed by atoms with Crippen LogP contribution in [0.1, 0.15) is 162 Å². The Morgan fingerprint density at radius 1 is 0.740 bits per heavy atom. The molecule has 8 nitrogen and oxygen atoms in total. The second-order valence-electron chi connectivity index (χ2n) is 13.9. The fourth-order valence-electron chi connectivity index (χ4n) is 5.98. The summed E-state index contributed by atoms with van der Waals surface area (Å²) in [6.45, 7) is 3.98. The average molecular weight is 706 g/mol. The third kappa shape index (κ3) is 25.2. The first-order chi connectivity index (χ1) is 24.4. The molecule has 0 saturated carbocycles. The molecule has 0 aromatic rings.